The largest absolute Gasteiger partial charge is 0.497 e. The van der Waals surface area contributed by atoms with Crippen LogP contribution < -0.4 is 9.47 Å². The Morgan fingerprint density at radius 2 is 1.31 bits per heavy atom. The lowest BCUT2D eigenvalue weighted by atomic mass is 9.81. The summed E-state index contributed by atoms with van der Waals surface area (Å²) in [5.41, 5.74) is 2.05. The van der Waals surface area contributed by atoms with E-state index in [-0.39, 0.29) is 11.8 Å². The zero-order valence-electron chi connectivity index (χ0n) is 18.3. The molecule has 0 spiro atoms. The van der Waals surface area contributed by atoms with Crippen molar-refractivity contribution in [1.82, 2.24) is 0 Å². The molecule has 4 aromatic carbocycles. The van der Waals surface area contributed by atoms with E-state index in [1.165, 1.54) is 0 Å². The number of rotatable bonds is 9. The van der Waals surface area contributed by atoms with Crippen molar-refractivity contribution in [3.05, 3.63) is 83.9 Å². The fraction of sp³-hybridized carbons (Fsp3) is 0.214. The molecule has 0 N–H and O–H groups in total. The van der Waals surface area contributed by atoms with Crippen molar-refractivity contribution in [1.29, 1.82) is 0 Å². The average molecular weight is 427 g/mol. The molecule has 0 aliphatic rings. The molecule has 4 rings (SSSR count). The minimum absolute atomic E-state index is 0.0756. The summed E-state index contributed by atoms with van der Waals surface area (Å²) in [4.78, 5) is 23.9. The summed E-state index contributed by atoms with van der Waals surface area (Å²) in [7, 11) is 3.29. The summed E-state index contributed by atoms with van der Waals surface area (Å²) in [5, 5.41) is 4.18. The van der Waals surface area contributed by atoms with Gasteiger partial charge in [0.15, 0.2) is 0 Å². The predicted octanol–water partition coefficient (Wildman–Crippen LogP) is 6.06. The first-order valence-corrected chi connectivity index (χ1v) is 10.7. The molecule has 162 valence electrons. The van der Waals surface area contributed by atoms with Crippen molar-refractivity contribution >= 4 is 34.1 Å². The molecule has 0 heterocycles. The van der Waals surface area contributed by atoms with E-state index in [0.29, 0.717) is 12.8 Å². The molecule has 0 saturated carbocycles. The van der Waals surface area contributed by atoms with Gasteiger partial charge in [-0.05, 0) is 69.3 Å². The van der Waals surface area contributed by atoms with Crippen molar-refractivity contribution in [3.8, 4) is 11.5 Å². The second-order valence-electron chi connectivity index (χ2n) is 7.95. The van der Waals surface area contributed by atoms with E-state index >= 15 is 0 Å². The molecule has 0 fully saturated rings. The van der Waals surface area contributed by atoms with Crippen LogP contribution in [0.25, 0.3) is 21.5 Å². The number of hydrogen-bond acceptors (Lipinski definition) is 4. The fourth-order valence-electron chi connectivity index (χ4n) is 4.54. The van der Waals surface area contributed by atoms with E-state index in [4.69, 9.17) is 9.47 Å². The molecular formula is C28H26O4. The summed E-state index contributed by atoms with van der Waals surface area (Å²) < 4.78 is 10.7. The molecule has 0 aliphatic heterocycles. The third-order valence-corrected chi connectivity index (χ3v) is 6.17. The first kappa shape index (κ1) is 21.6. The van der Waals surface area contributed by atoms with Crippen LogP contribution in [0.1, 0.15) is 35.8 Å². The lowest BCUT2D eigenvalue weighted by molar-refractivity contribution is -0.110. The van der Waals surface area contributed by atoms with Crippen LogP contribution in [-0.4, -0.2) is 26.8 Å². The summed E-state index contributed by atoms with van der Waals surface area (Å²) in [6.07, 6.45) is 2.86. The number of carbonyl (C=O) groups is 2. The zero-order valence-corrected chi connectivity index (χ0v) is 18.3. The van der Waals surface area contributed by atoms with Gasteiger partial charge in [-0.3, -0.25) is 0 Å². The predicted molar refractivity (Wildman–Crippen MR) is 128 cm³/mol. The topological polar surface area (TPSA) is 52.6 Å². The van der Waals surface area contributed by atoms with Crippen LogP contribution in [-0.2, 0) is 9.59 Å². The molecule has 0 radical (unpaired) electrons. The van der Waals surface area contributed by atoms with Crippen LogP contribution in [0, 0.1) is 0 Å². The third-order valence-electron chi connectivity index (χ3n) is 6.17. The lowest BCUT2D eigenvalue weighted by Gasteiger charge is -2.22. The molecule has 4 nitrogen and oxygen atoms in total. The molecule has 0 bridgehead atoms. The van der Waals surface area contributed by atoms with E-state index in [1.54, 1.807) is 14.2 Å². The lowest BCUT2D eigenvalue weighted by Crippen LogP contribution is -2.10. The van der Waals surface area contributed by atoms with Crippen LogP contribution in [0.4, 0.5) is 0 Å². The normalized spacial score (nSPS) is 12.9. The van der Waals surface area contributed by atoms with Gasteiger partial charge in [0.1, 0.15) is 24.1 Å². The molecular weight excluding hydrogens is 400 g/mol. The molecule has 4 aromatic rings. The summed E-state index contributed by atoms with van der Waals surface area (Å²) in [6, 6.07) is 23.9. The Bertz CT molecular complexity index is 1260. The van der Waals surface area contributed by atoms with Crippen molar-refractivity contribution in [2.24, 2.45) is 0 Å². The van der Waals surface area contributed by atoms with Gasteiger partial charge in [-0.15, -0.1) is 0 Å². The standard InChI is InChI=1S/C28H26O4/c1-31-23-9-11-27-19(16-23)5-3-7-25(27)21(13-14-29)15-22(18-30)26-8-4-6-20-17-24(32-2)10-12-28(20)26/h3-12,14,16-18,21-22H,13,15H2,1-2H3. The highest BCUT2D eigenvalue weighted by molar-refractivity contribution is 5.90. The maximum Gasteiger partial charge on any atom is 0.127 e. The second kappa shape index (κ2) is 9.65. The van der Waals surface area contributed by atoms with Crippen LogP contribution in [0.3, 0.4) is 0 Å². The quantitative estimate of drug-likeness (QED) is 0.306. The van der Waals surface area contributed by atoms with E-state index in [0.717, 1.165) is 56.7 Å². The van der Waals surface area contributed by atoms with Gasteiger partial charge in [-0.2, -0.15) is 0 Å². The monoisotopic (exact) mass is 426 g/mol. The maximum atomic E-state index is 12.3. The Balaban J connectivity index is 1.74. The van der Waals surface area contributed by atoms with Crippen molar-refractivity contribution in [2.45, 2.75) is 24.7 Å². The number of aldehydes is 2. The van der Waals surface area contributed by atoms with Crippen molar-refractivity contribution in [3.63, 3.8) is 0 Å². The summed E-state index contributed by atoms with van der Waals surface area (Å²) in [6.45, 7) is 0. The van der Waals surface area contributed by atoms with Gasteiger partial charge < -0.3 is 19.1 Å². The van der Waals surface area contributed by atoms with E-state index < -0.39 is 0 Å². The first-order valence-electron chi connectivity index (χ1n) is 10.7. The molecule has 4 heteroatoms. The minimum atomic E-state index is -0.328. The molecule has 0 saturated heterocycles. The highest BCUT2D eigenvalue weighted by atomic mass is 16.5. The molecule has 2 unspecified atom stereocenters. The third kappa shape index (κ3) is 4.22. The first-order chi connectivity index (χ1) is 15.7. The Morgan fingerprint density at radius 3 is 1.84 bits per heavy atom. The highest BCUT2D eigenvalue weighted by Crippen LogP contribution is 2.38. The minimum Gasteiger partial charge on any atom is -0.497 e. The fourth-order valence-corrected chi connectivity index (χ4v) is 4.54. The Kier molecular flexibility index (Phi) is 6.50. The Hall–Kier alpha value is -3.66. The smallest absolute Gasteiger partial charge is 0.127 e. The van der Waals surface area contributed by atoms with Crippen LogP contribution in [0.5, 0.6) is 11.5 Å². The van der Waals surface area contributed by atoms with Gasteiger partial charge in [0.05, 0.1) is 14.2 Å². The number of hydrogen-bond donors (Lipinski definition) is 0. The van der Waals surface area contributed by atoms with E-state index in [2.05, 4.69) is 6.07 Å². The van der Waals surface area contributed by atoms with Gasteiger partial charge in [0.2, 0.25) is 0 Å². The molecule has 2 atom stereocenters. The van der Waals surface area contributed by atoms with Crippen LogP contribution >= 0.6 is 0 Å². The molecule has 0 aromatic heterocycles. The Labute approximate surface area is 187 Å². The SMILES string of the molecule is COc1ccc2c(C(C=O)CC(CC=O)c3cccc4cc(OC)ccc34)cccc2c1. The van der Waals surface area contributed by atoms with Crippen molar-refractivity contribution in [2.75, 3.05) is 14.2 Å². The van der Waals surface area contributed by atoms with Gasteiger partial charge in [-0.25, -0.2) is 0 Å². The number of methoxy groups -OCH3 is 2. The van der Waals surface area contributed by atoms with Gasteiger partial charge >= 0.3 is 0 Å². The number of carbonyl (C=O) groups excluding carboxylic acids is 2. The highest BCUT2D eigenvalue weighted by Gasteiger charge is 2.22. The average Bonchev–Trinajstić information content (AvgIpc) is 2.85. The number of ether oxygens (including phenoxy) is 2. The van der Waals surface area contributed by atoms with Crippen molar-refractivity contribution < 1.29 is 19.1 Å². The maximum absolute atomic E-state index is 12.3. The number of benzene rings is 4. The van der Waals surface area contributed by atoms with Gasteiger partial charge in [-0.1, -0.05) is 48.5 Å². The molecule has 32 heavy (non-hydrogen) atoms. The van der Waals surface area contributed by atoms with Gasteiger partial charge in [0.25, 0.3) is 0 Å². The van der Waals surface area contributed by atoms with E-state index in [9.17, 15) is 9.59 Å². The molecule has 0 amide bonds. The summed E-state index contributed by atoms with van der Waals surface area (Å²) in [5.74, 6) is 1.17. The zero-order chi connectivity index (χ0) is 22.5. The number of fused-ring (bicyclic) bond motifs is 2. The second-order valence-corrected chi connectivity index (χ2v) is 7.95. The van der Waals surface area contributed by atoms with Gasteiger partial charge in [0, 0.05) is 12.3 Å². The van der Waals surface area contributed by atoms with Crippen LogP contribution in [0.15, 0.2) is 72.8 Å². The molecule has 0 aliphatic carbocycles. The summed E-state index contributed by atoms with van der Waals surface area (Å²) >= 11 is 0. The van der Waals surface area contributed by atoms with E-state index in [1.807, 2.05) is 66.7 Å². The van der Waals surface area contributed by atoms with Crippen LogP contribution in [0.2, 0.25) is 0 Å². The Morgan fingerprint density at radius 1 is 0.750 bits per heavy atom.